The fourth-order valence-corrected chi connectivity index (χ4v) is 3.42. The molecule has 1 heterocycles. The highest BCUT2D eigenvalue weighted by Crippen LogP contribution is 2.48. The Hall–Kier alpha value is -2.49. The summed E-state index contributed by atoms with van der Waals surface area (Å²) in [6.07, 6.45) is 3.46. The number of hydrogen-bond acceptors (Lipinski definition) is 3. The van der Waals surface area contributed by atoms with Gasteiger partial charge in [0.1, 0.15) is 12.1 Å². The van der Waals surface area contributed by atoms with Crippen molar-refractivity contribution >= 4 is 29.9 Å². The summed E-state index contributed by atoms with van der Waals surface area (Å²) >= 11 is 0. The number of aromatic amines is 1. The molecule has 1 aliphatic rings. The van der Waals surface area contributed by atoms with Crippen LogP contribution in [0, 0.1) is 5.82 Å². The van der Waals surface area contributed by atoms with E-state index in [1.807, 2.05) is 30.3 Å². The molecule has 1 aromatic heterocycles. The van der Waals surface area contributed by atoms with Gasteiger partial charge in [-0.15, -0.1) is 24.0 Å². The molecule has 0 spiro atoms. The van der Waals surface area contributed by atoms with Gasteiger partial charge in [0, 0.05) is 31.1 Å². The Labute approximate surface area is 186 Å². The molecule has 3 aromatic rings. The smallest absolute Gasteiger partial charge is 0.191 e. The van der Waals surface area contributed by atoms with Crippen molar-refractivity contribution in [3.8, 4) is 11.4 Å². The lowest BCUT2D eigenvalue weighted by Gasteiger charge is -2.19. The molecular formula is C21H24FIN6. The number of H-pyrrole nitrogens is 1. The van der Waals surface area contributed by atoms with Crippen LogP contribution < -0.4 is 10.6 Å². The molecule has 0 unspecified atom stereocenters. The van der Waals surface area contributed by atoms with Gasteiger partial charge in [0.05, 0.1) is 0 Å². The third-order valence-electron chi connectivity index (χ3n) is 5.19. The van der Waals surface area contributed by atoms with Gasteiger partial charge in [-0.05, 0) is 36.1 Å². The van der Waals surface area contributed by atoms with Crippen LogP contribution in [-0.2, 0) is 12.0 Å². The second-order valence-corrected chi connectivity index (χ2v) is 7.07. The molecule has 0 aliphatic heterocycles. The first-order valence-electron chi connectivity index (χ1n) is 9.34. The number of benzene rings is 2. The molecule has 4 rings (SSSR count). The Kier molecular flexibility index (Phi) is 6.83. The molecule has 152 valence electrons. The predicted octanol–water partition coefficient (Wildman–Crippen LogP) is 3.63. The Morgan fingerprint density at radius 3 is 2.69 bits per heavy atom. The summed E-state index contributed by atoms with van der Waals surface area (Å²) in [7, 11) is 1.74. The Morgan fingerprint density at radius 1 is 1.17 bits per heavy atom. The first-order chi connectivity index (χ1) is 13.7. The second kappa shape index (κ2) is 9.34. The number of nitrogens with one attached hydrogen (secondary N) is 3. The molecule has 0 amide bonds. The number of rotatable bonds is 6. The Morgan fingerprint density at radius 2 is 2.00 bits per heavy atom. The summed E-state index contributed by atoms with van der Waals surface area (Å²) in [6, 6.07) is 15.1. The SMILES string of the molecule is CN=C(NCc1cccc(-c2ncn[nH]2)c1)NCC1(c2ccccc2F)CC1.I. The summed E-state index contributed by atoms with van der Waals surface area (Å²) in [4.78, 5) is 8.48. The van der Waals surface area contributed by atoms with Crippen LogP contribution in [0.25, 0.3) is 11.4 Å². The van der Waals surface area contributed by atoms with Gasteiger partial charge >= 0.3 is 0 Å². The number of halogens is 2. The lowest BCUT2D eigenvalue weighted by Crippen LogP contribution is -2.41. The Balaban J connectivity index is 0.00000240. The highest BCUT2D eigenvalue weighted by molar-refractivity contribution is 14.0. The normalized spacial score (nSPS) is 14.8. The molecule has 3 N–H and O–H groups in total. The summed E-state index contributed by atoms with van der Waals surface area (Å²) in [5.41, 5.74) is 2.75. The van der Waals surface area contributed by atoms with Gasteiger partial charge in [-0.3, -0.25) is 10.1 Å². The van der Waals surface area contributed by atoms with Crippen molar-refractivity contribution in [1.82, 2.24) is 25.8 Å². The van der Waals surface area contributed by atoms with E-state index in [1.54, 1.807) is 13.1 Å². The van der Waals surface area contributed by atoms with Gasteiger partial charge in [-0.1, -0.05) is 36.4 Å². The van der Waals surface area contributed by atoms with Gasteiger partial charge in [-0.25, -0.2) is 9.37 Å². The highest BCUT2D eigenvalue weighted by atomic mass is 127. The highest BCUT2D eigenvalue weighted by Gasteiger charge is 2.45. The molecule has 0 atom stereocenters. The standard InChI is InChI=1S/C21H23FN6.HI/c1-23-20(25-13-21(9-10-21)17-7-2-3-8-18(17)22)24-12-15-5-4-6-16(11-15)19-26-14-27-28-19;/h2-8,11,14H,9-10,12-13H2,1H3,(H2,23,24,25)(H,26,27,28);1H. The number of nitrogens with zero attached hydrogens (tertiary/aromatic N) is 3. The fraction of sp³-hybridized carbons (Fsp3) is 0.286. The van der Waals surface area contributed by atoms with Crippen molar-refractivity contribution in [1.29, 1.82) is 0 Å². The van der Waals surface area contributed by atoms with Crippen molar-refractivity contribution in [3.63, 3.8) is 0 Å². The maximum absolute atomic E-state index is 14.2. The average molecular weight is 506 g/mol. The third-order valence-corrected chi connectivity index (χ3v) is 5.19. The van der Waals surface area contributed by atoms with Crippen molar-refractivity contribution < 1.29 is 4.39 Å². The van der Waals surface area contributed by atoms with E-state index in [9.17, 15) is 4.39 Å². The van der Waals surface area contributed by atoms with Gasteiger partial charge in [0.2, 0.25) is 0 Å². The first kappa shape index (κ1) is 21.2. The van der Waals surface area contributed by atoms with Crippen LogP contribution in [0.5, 0.6) is 0 Å². The van der Waals surface area contributed by atoms with Crippen molar-refractivity contribution in [2.75, 3.05) is 13.6 Å². The monoisotopic (exact) mass is 506 g/mol. The lowest BCUT2D eigenvalue weighted by atomic mass is 9.95. The maximum atomic E-state index is 14.2. The van der Waals surface area contributed by atoms with E-state index in [1.165, 1.54) is 12.4 Å². The largest absolute Gasteiger partial charge is 0.356 e. The average Bonchev–Trinajstić information content (AvgIpc) is 3.30. The number of hydrogen-bond donors (Lipinski definition) is 3. The van der Waals surface area contributed by atoms with Gasteiger partial charge < -0.3 is 10.6 Å². The molecule has 0 radical (unpaired) electrons. The topological polar surface area (TPSA) is 78.0 Å². The van der Waals surface area contributed by atoms with E-state index in [0.717, 1.165) is 35.4 Å². The van der Waals surface area contributed by atoms with E-state index in [4.69, 9.17) is 0 Å². The van der Waals surface area contributed by atoms with Gasteiger partial charge in [0.15, 0.2) is 11.8 Å². The van der Waals surface area contributed by atoms with E-state index in [-0.39, 0.29) is 35.2 Å². The minimum absolute atomic E-state index is 0. The summed E-state index contributed by atoms with van der Waals surface area (Å²) in [6.45, 7) is 1.28. The number of aromatic nitrogens is 3. The molecule has 1 saturated carbocycles. The van der Waals surface area contributed by atoms with Crippen LogP contribution in [0.1, 0.15) is 24.0 Å². The van der Waals surface area contributed by atoms with E-state index < -0.39 is 0 Å². The van der Waals surface area contributed by atoms with Gasteiger partial charge in [-0.2, -0.15) is 5.10 Å². The Bertz CT molecular complexity index is 969. The summed E-state index contributed by atoms with van der Waals surface area (Å²) < 4.78 is 14.2. The van der Waals surface area contributed by atoms with Crippen LogP contribution in [0.4, 0.5) is 4.39 Å². The van der Waals surface area contributed by atoms with Crippen LogP contribution in [0.15, 0.2) is 59.9 Å². The molecule has 1 fully saturated rings. The minimum atomic E-state index is -0.131. The quantitative estimate of drug-likeness (QED) is 0.271. The molecule has 29 heavy (non-hydrogen) atoms. The molecule has 6 nitrogen and oxygen atoms in total. The molecular weight excluding hydrogens is 482 g/mol. The zero-order valence-electron chi connectivity index (χ0n) is 16.2. The van der Waals surface area contributed by atoms with Crippen LogP contribution in [0.3, 0.4) is 0 Å². The van der Waals surface area contributed by atoms with Crippen LogP contribution in [-0.4, -0.2) is 34.7 Å². The van der Waals surface area contributed by atoms with E-state index in [0.29, 0.717) is 19.0 Å². The second-order valence-electron chi connectivity index (χ2n) is 7.07. The zero-order chi connectivity index (χ0) is 19.4. The van der Waals surface area contributed by atoms with E-state index in [2.05, 4.69) is 36.9 Å². The number of guanidine groups is 1. The van der Waals surface area contributed by atoms with E-state index >= 15 is 0 Å². The fourth-order valence-electron chi connectivity index (χ4n) is 3.42. The zero-order valence-corrected chi connectivity index (χ0v) is 18.5. The summed E-state index contributed by atoms with van der Waals surface area (Å²) in [5, 5.41) is 13.4. The van der Waals surface area contributed by atoms with Crippen molar-refractivity contribution in [2.24, 2.45) is 4.99 Å². The van der Waals surface area contributed by atoms with Gasteiger partial charge in [0.25, 0.3) is 0 Å². The summed E-state index contributed by atoms with van der Waals surface area (Å²) in [5.74, 6) is 1.31. The minimum Gasteiger partial charge on any atom is -0.356 e. The number of aliphatic imine (C=N–C) groups is 1. The molecule has 0 saturated heterocycles. The lowest BCUT2D eigenvalue weighted by molar-refractivity contribution is 0.559. The van der Waals surface area contributed by atoms with Crippen LogP contribution >= 0.6 is 24.0 Å². The molecule has 8 heteroatoms. The molecule has 0 bridgehead atoms. The maximum Gasteiger partial charge on any atom is 0.191 e. The third kappa shape index (κ3) is 4.92. The van der Waals surface area contributed by atoms with Crippen LogP contribution in [0.2, 0.25) is 0 Å². The molecule has 1 aliphatic carbocycles. The molecule has 2 aromatic carbocycles. The van der Waals surface area contributed by atoms with Crippen molar-refractivity contribution in [3.05, 3.63) is 71.8 Å². The predicted molar refractivity (Wildman–Crippen MR) is 123 cm³/mol. The van der Waals surface area contributed by atoms with Crippen molar-refractivity contribution in [2.45, 2.75) is 24.8 Å². The first-order valence-corrected chi connectivity index (χ1v) is 9.34.